The third kappa shape index (κ3) is 5.10. The summed E-state index contributed by atoms with van der Waals surface area (Å²) in [6.07, 6.45) is 17.4. The quantitative estimate of drug-likeness (QED) is 0.666. The maximum absolute atomic E-state index is 4.01. The second kappa shape index (κ2) is 8.29. The molecule has 2 aliphatic carbocycles. The van der Waals surface area contributed by atoms with Crippen molar-refractivity contribution in [1.82, 2.24) is 5.32 Å². The number of rotatable bonds is 5. The molecule has 0 bridgehead atoms. The molecule has 1 nitrogen and oxygen atoms in total. The summed E-state index contributed by atoms with van der Waals surface area (Å²) in [6.45, 7) is 4.70. The first-order valence-electron chi connectivity index (χ1n) is 9.07. The summed E-state index contributed by atoms with van der Waals surface area (Å²) in [5.74, 6) is 2.06. The number of hydrogen-bond donors (Lipinski definition) is 1. The van der Waals surface area contributed by atoms with Crippen LogP contribution in [0.25, 0.3) is 0 Å². The zero-order valence-electron chi connectivity index (χ0n) is 13.3. The predicted molar refractivity (Wildman–Crippen MR) is 84.4 cm³/mol. The molecule has 0 amide bonds. The number of nitrogens with one attached hydrogen (secondary N) is 1. The van der Waals surface area contributed by atoms with Crippen LogP contribution in [0.3, 0.4) is 0 Å². The molecule has 2 aliphatic rings. The lowest BCUT2D eigenvalue weighted by atomic mass is 9.84. The van der Waals surface area contributed by atoms with Crippen LogP contribution in [0.5, 0.6) is 0 Å². The highest BCUT2D eigenvalue weighted by molar-refractivity contribution is 4.82. The Balaban J connectivity index is 1.68. The van der Waals surface area contributed by atoms with Gasteiger partial charge < -0.3 is 5.32 Å². The molecule has 0 heterocycles. The largest absolute Gasteiger partial charge is 0.311 e. The Kier molecular flexibility index (Phi) is 6.70. The maximum Gasteiger partial charge on any atom is 0.00698 e. The number of hydrogen-bond acceptors (Lipinski definition) is 1. The van der Waals surface area contributed by atoms with Crippen LogP contribution >= 0.6 is 0 Å². The van der Waals surface area contributed by atoms with Gasteiger partial charge in [0.05, 0.1) is 0 Å². The molecule has 0 radical (unpaired) electrons. The lowest BCUT2D eigenvalue weighted by Crippen LogP contribution is -2.40. The van der Waals surface area contributed by atoms with Crippen molar-refractivity contribution in [2.24, 2.45) is 11.8 Å². The van der Waals surface area contributed by atoms with Crippen LogP contribution in [0, 0.1) is 11.8 Å². The highest BCUT2D eigenvalue weighted by Gasteiger charge is 2.24. The van der Waals surface area contributed by atoms with E-state index >= 15 is 0 Å². The van der Waals surface area contributed by atoms with E-state index in [0.717, 1.165) is 23.9 Å². The average molecular weight is 265 g/mol. The highest BCUT2D eigenvalue weighted by Crippen LogP contribution is 2.30. The van der Waals surface area contributed by atoms with Gasteiger partial charge in [-0.15, -0.1) is 0 Å². The van der Waals surface area contributed by atoms with Crippen molar-refractivity contribution in [2.45, 2.75) is 103 Å². The van der Waals surface area contributed by atoms with Gasteiger partial charge in [-0.05, 0) is 56.8 Å². The van der Waals surface area contributed by atoms with Gasteiger partial charge in [-0.25, -0.2) is 0 Å². The van der Waals surface area contributed by atoms with Gasteiger partial charge in [0, 0.05) is 12.1 Å². The Hall–Kier alpha value is -0.0400. The van der Waals surface area contributed by atoms with E-state index in [1.54, 1.807) is 0 Å². The van der Waals surface area contributed by atoms with Crippen molar-refractivity contribution in [3.8, 4) is 0 Å². The van der Waals surface area contributed by atoms with Crippen molar-refractivity contribution in [3.63, 3.8) is 0 Å². The first-order valence-corrected chi connectivity index (χ1v) is 9.07. The normalized spacial score (nSPS) is 36.9. The maximum atomic E-state index is 4.01. The molecule has 1 heteroatoms. The smallest absolute Gasteiger partial charge is 0.00698 e. The van der Waals surface area contributed by atoms with Gasteiger partial charge in [0.25, 0.3) is 0 Å². The Morgan fingerprint density at radius 2 is 1.37 bits per heavy atom. The third-order valence-electron chi connectivity index (χ3n) is 5.68. The van der Waals surface area contributed by atoms with Crippen molar-refractivity contribution < 1.29 is 0 Å². The Morgan fingerprint density at radius 1 is 0.737 bits per heavy atom. The molecule has 0 aromatic heterocycles. The fraction of sp³-hybridized carbons (Fsp3) is 1.00. The molecule has 2 fully saturated rings. The van der Waals surface area contributed by atoms with Crippen molar-refractivity contribution in [1.29, 1.82) is 0 Å². The molecule has 0 saturated heterocycles. The van der Waals surface area contributed by atoms with E-state index in [0.29, 0.717) is 0 Å². The van der Waals surface area contributed by atoms with Crippen LogP contribution in [0.4, 0.5) is 0 Å². The van der Waals surface area contributed by atoms with Gasteiger partial charge in [0.15, 0.2) is 0 Å². The van der Waals surface area contributed by atoms with Crippen molar-refractivity contribution in [2.75, 3.05) is 0 Å². The SMILES string of the molecule is CCCC1CCCC(NC2CCC(CC)CC2)CC1. The molecular weight excluding hydrogens is 230 g/mol. The van der Waals surface area contributed by atoms with E-state index < -0.39 is 0 Å². The summed E-state index contributed by atoms with van der Waals surface area (Å²) in [4.78, 5) is 0. The minimum atomic E-state index is 0.838. The van der Waals surface area contributed by atoms with Gasteiger partial charge in [-0.1, -0.05) is 46.0 Å². The van der Waals surface area contributed by atoms with Gasteiger partial charge in [0.2, 0.25) is 0 Å². The summed E-state index contributed by atoms with van der Waals surface area (Å²) in [7, 11) is 0. The van der Waals surface area contributed by atoms with Crippen LogP contribution in [-0.2, 0) is 0 Å². The van der Waals surface area contributed by atoms with Crippen LogP contribution in [0.2, 0.25) is 0 Å². The minimum absolute atomic E-state index is 0.838. The summed E-state index contributed by atoms with van der Waals surface area (Å²) >= 11 is 0. The summed E-state index contributed by atoms with van der Waals surface area (Å²) < 4.78 is 0. The molecule has 19 heavy (non-hydrogen) atoms. The molecule has 0 aromatic carbocycles. The van der Waals surface area contributed by atoms with Gasteiger partial charge >= 0.3 is 0 Å². The van der Waals surface area contributed by atoms with Crippen LogP contribution in [0.15, 0.2) is 0 Å². The first-order chi connectivity index (χ1) is 9.31. The summed E-state index contributed by atoms with van der Waals surface area (Å²) in [5.41, 5.74) is 0. The van der Waals surface area contributed by atoms with Crippen molar-refractivity contribution in [3.05, 3.63) is 0 Å². The standard InChI is InChI=1S/C18H35N/c1-3-6-16-7-5-8-17(14-11-16)19-18-12-9-15(4-2)10-13-18/h15-19H,3-14H2,1-2H3. The fourth-order valence-electron chi connectivity index (χ4n) is 4.31. The minimum Gasteiger partial charge on any atom is -0.311 e. The second-order valence-corrected chi connectivity index (χ2v) is 7.15. The molecule has 112 valence electrons. The van der Waals surface area contributed by atoms with Gasteiger partial charge in [-0.3, -0.25) is 0 Å². The van der Waals surface area contributed by atoms with E-state index in [1.807, 2.05) is 0 Å². The molecule has 1 N–H and O–H groups in total. The van der Waals surface area contributed by atoms with Crippen LogP contribution < -0.4 is 5.32 Å². The second-order valence-electron chi connectivity index (χ2n) is 7.15. The Bertz CT molecular complexity index is 230. The lowest BCUT2D eigenvalue weighted by molar-refractivity contribution is 0.260. The molecule has 2 unspecified atom stereocenters. The predicted octanol–water partition coefficient (Wildman–Crippen LogP) is 5.29. The average Bonchev–Trinajstić information content (AvgIpc) is 2.66. The molecule has 2 atom stereocenters. The monoisotopic (exact) mass is 265 g/mol. The molecule has 2 rings (SSSR count). The third-order valence-corrected chi connectivity index (χ3v) is 5.68. The molecule has 0 spiro atoms. The molecule has 2 saturated carbocycles. The van der Waals surface area contributed by atoms with Crippen LogP contribution in [-0.4, -0.2) is 12.1 Å². The van der Waals surface area contributed by atoms with E-state index in [1.165, 1.54) is 77.0 Å². The van der Waals surface area contributed by atoms with E-state index in [9.17, 15) is 0 Å². The zero-order chi connectivity index (χ0) is 13.5. The Morgan fingerprint density at radius 3 is 2.00 bits per heavy atom. The summed E-state index contributed by atoms with van der Waals surface area (Å²) in [6, 6.07) is 1.68. The highest BCUT2D eigenvalue weighted by atomic mass is 14.9. The zero-order valence-corrected chi connectivity index (χ0v) is 13.3. The molecule has 0 aromatic rings. The van der Waals surface area contributed by atoms with Crippen LogP contribution in [0.1, 0.15) is 90.9 Å². The Labute approximate surface area is 120 Å². The summed E-state index contributed by atoms with van der Waals surface area (Å²) in [5, 5.41) is 4.01. The van der Waals surface area contributed by atoms with E-state index in [2.05, 4.69) is 19.2 Å². The molecule has 0 aliphatic heterocycles. The van der Waals surface area contributed by atoms with Crippen molar-refractivity contribution >= 4 is 0 Å². The topological polar surface area (TPSA) is 12.0 Å². The fourth-order valence-corrected chi connectivity index (χ4v) is 4.31. The van der Waals surface area contributed by atoms with Gasteiger partial charge in [0.1, 0.15) is 0 Å². The first kappa shape index (κ1) is 15.4. The lowest BCUT2D eigenvalue weighted by Gasteiger charge is -2.31. The molecular formula is C18H35N. The van der Waals surface area contributed by atoms with E-state index in [4.69, 9.17) is 0 Å². The van der Waals surface area contributed by atoms with Gasteiger partial charge in [-0.2, -0.15) is 0 Å². The van der Waals surface area contributed by atoms with E-state index in [-0.39, 0.29) is 0 Å².